The molecule has 0 radical (unpaired) electrons. The van der Waals surface area contributed by atoms with E-state index >= 15 is 0 Å². The lowest BCUT2D eigenvalue weighted by atomic mass is 10.1. The van der Waals surface area contributed by atoms with Gasteiger partial charge in [-0.3, -0.25) is 4.79 Å². The molecule has 0 bridgehead atoms. The summed E-state index contributed by atoms with van der Waals surface area (Å²) < 4.78 is 5.50. The van der Waals surface area contributed by atoms with Crippen molar-refractivity contribution in [2.75, 3.05) is 6.54 Å². The number of carbonyl (C=O) groups excluding carboxylic acids is 1. The molecule has 0 aliphatic carbocycles. The number of hydrogen-bond acceptors (Lipinski definition) is 3. The molecule has 1 aliphatic rings. The zero-order valence-corrected chi connectivity index (χ0v) is 9.66. The van der Waals surface area contributed by atoms with Crippen molar-refractivity contribution >= 4 is 5.91 Å². The van der Waals surface area contributed by atoms with Crippen LogP contribution in [0.3, 0.4) is 0 Å². The van der Waals surface area contributed by atoms with E-state index in [-0.39, 0.29) is 24.2 Å². The van der Waals surface area contributed by atoms with Crippen LogP contribution in [-0.2, 0) is 9.53 Å². The molecule has 0 saturated carbocycles. The first-order valence-electron chi connectivity index (χ1n) is 5.83. The highest BCUT2D eigenvalue weighted by Crippen LogP contribution is 2.19. The summed E-state index contributed by atoms with van der Waals surface area (Å²) in [5.41, 5.74) is 5.47. The highest BCUT2D eigenvalue weighted by Gasteiger charge is 2.28. The molecule has 1 rings (SSSR count). The molecule has 3 atom stereocenters. The maximum atomic E-state index is 11.8. The summed E-state index contributed by atoms with van der Waals surface area (Å²) in [5, 5.41) is 2.99. The first-order chi connectivity index (χ1) is 7.17. The molecule has 1 fully saturated rings. The van der Waals surface area contributed by atoms with Crippen LogP contribution in [0.2, 0.25) is 0 Å². The third-order valence-corrected chi connectivity index (χ3v) is 2.88. The molecule has 1 aliphatic heterocycles. The van der Waals surface area contributed by atoms with Gasteiger partial charge < -0.3 is 15.8 Å². The lowest BCUT2D eigenvalue weighted by molar-refractivity contribution is -0.132. The Morgan fingerprint density at radius 1 is 1.60 bits per heavy atom. The summed E-state index contributed by atoms with van der Waals surface area (Å²) in [6.07, 6.45) is 3.55. The Kier molecular flexibility index (Phi) is 5.05. The van der Waals surface area contributed by atoms with Gasteiger partial charge in [0.1, 0.15) is 6.10 Å². The van der Waals surface area contributed by atoms with Crippen LogP contribution in [0.1, 0.15) is 39.5 Å². The minimum absolute atomic E-state index is 0.0275. The van der Waals surface area contributed by atoms with E-state index in [0.29, 0.717) is 6.54 Å². The molecule has 3 unspecified atom stereocenters. The number of nitrogens with one attached hydrogen (secondary N) is 1. The standard InChI is InChI=1S/C11H22N2O2/c1-3-9(6-7-12)13-11(14)10-5-4-8(2)15-10/h8-10H,3-7,12H2,1-2H3,(H,13,14). The van der Waals surface area contributed by atoms with Crippen LogP contribution in [0.4, 0.5) is 0 Å². The number of hydrogen-bond donors (Lipinski definition) is 2. The third kappa shape index (κ3) is 3.80. The monoisotopic (exact) mass is 214 g/mol. The summed E-state index contributed by atoms with van der Waals surface area (Å²) in [7, 11) is 0. The Morgan fingerprint density at radius 2 is 2.33 bits per heavy atom. The van der Waals surface area contributed by atoms with Crippen molar-refractivity contribution in [2.45, 2.75) is 57.8 Å². The summed E-state index contributed by atoms with van der Waals surface area (Å²) in [5.74, 6) is 0.0275. The average molecular weight is 214 g/mol. The van der Waals surface area contributed by atoms with Gasteiger partial charge in [-0.25, -0.2) is 0 Å². The van der Waals surface area contributed by atoms with Crippen molar-refractivity contribution in [3.8, 4) is 0 Å². The summed E-state index contributed by atoms with van der Waals surface area (Å²) >= 11 is 0. The topological polar surface area (TPSA) is 64.3 Å². The minimum atomic E-state index is -0.244. The number of amides is 1. The van der Waals surface area contributed by atoms with E-state index in [9.17, 15) is 4.79 Å². The largest absolute Gasteiger partial charge is 0.365 e. The Balaban J connectivity index is 2.33. The van der Waals surface area contributed by atoms with E-state index in [1.807, 2.05) is 6.92 Å². The van der Waals surface area contributed by atoms with Gasteiger partial charge in [0, 0.05) is 6.04 Å². The van der Waals surface area contributed by atoms with E-state index < -0.39 is 0 Å². The first-order valence-corrected chi connectivity index (χ1v) is 5.83. The van der Waals surface area contributed by atoms with Crippen molar-refractivity contribution in [3.05, 3.63) is 0 Å². The zero-order valence-electron chi connectivity index (χ0n) is 9.66. The molecule has 4 heteroatoms. The SMILES string of the molecule is CCC(CCN)NC(=O)C1CCC(C)O1. The van der Waals surface area contributed by atoms with E-state index in [0.717, 1.165) is 25.7 Å². The molecule has 1 saturated heterocycles. The fourth-order valence-corrected chi connectivity index (χ4v) is 1.87. The van der Waals surface area contributed by atoms with Gasteiger partial charge >= 0.3 is 0 Å². The zero-order chi connectivity index (χ0) is 11.3. The van der Waals surface area contributed by atoms with E-state index in [1.165, 1.54) is 0 Å². The Bertz CT molecular complexity index is 209. The molecule has 0 spiro atoms. The molecule has 0 aromatic carbocycles. The summed E-state index contributed by atoms with van der Waals surface area (Å²) in [6, 6.07) is 0.196. The predicted octanol–water partition coefficient (Wildman–Crippen LogP) is 0.797. The highest BCUT2D eigenvalue weighted by molar-refractivity contribution is 5.81. The molecule has 0 aromatic rings. The summed E-state index contributed by atoms with van der Waals surface area (Å²) in [6.45, 7) is 4.67. The Labute approximate surface area is 91.5 Å². The second-order valence-electron chi connectivity index (χ2n) is 4.20. The maximum absolute atomic E-state index is 11.8. The lowest BCUT2D eigenvalue weighted by Gasteiger charge is -2.18. The molecule has 0 aromatic heterocycles. The Morgan fingerprint density at radius 3 is 2.80 bits per heavy atom. The molecule has 4 nitrogen and oxygen atoms in total. The Hall–Kier alpha value is -0.610. The van der Waals surface area contributed by atoms with Crippen molar-refractivity contribution in [1.29, 1.82) is 0 Å². The van der Waals surface area contributed by atoms with Crippen LogP contribution in [-0.4, -0.2) is 30.7 Å². The molecule has 3 N–H and O–H groups in total. The normalized spacial score (nSPS) is 27.7. The van der Waals surface area contributed by atoms with Crippen LogP contribution in [0.5, 0.6) is 0 Å². The number of carbonyl (C=O) groups is 1. The van der Waals surface area contributed by atoms with Gasteiger partial charge in [0.15, 0.2) is 0 Å². The number of nitrogens with two attached hydrogens (primary N) is 1. The number of rotatable bonds is 5. The van der Waals surface area contributed by atoms with Gasteiger partial charge in [0.2, 0.25) is 5.91 Å². The van der Waals surface area contributed by atoms with Gasteiger partial charge in [0.05, 0.1) is 6.10 Å². The van der Waals surface area contributed by atoms with Gasteiger partial charge in [0.25, 0.3) is 0 Å². The van der Waals surface area contributed by atoms with Gasteiger partial charge in [-0.2, -0.15) is 0 Å². The third-order valence-electron chi connectivity index (χ3n) is 2.88. The van der Waals surface area contributed by atoms with Crippen molar-refractivity contribution in [2.24, 2.45) is 5.73 Å². The quantitative estimate of drug-likeness (QED) is 0.711. The van der Waals surface area contributed by atoms with Gasteiger partial charge in [-0.05, 0) is 39.2 Å². The molecule has 15 heavy (non-hydrogen) atoms. The van der Waals surface area contributed by atoms with E-state index in [4.69, 9.17) is 10.5 Å². The second-order valence-corrected chi connectivity index (χ2v) is 4.20. The minimum Gasteiger partial charge on any atom is -0.365 e. The first kappa shape index (κ1) is 12.5. The predicted molar refractivity (Wildman–Crippen MR) is 59.5 cm³/mol. The van der Waals surface area contributed by atoms with Gasteiger partial charge in [-0.15, -0.1) is 0 Å². The summed E-state index contributed by atoms with van der Waals surface area (Å²) in [4.78, 5) is 11.8. The fraction of sp³-hybridized carbons (Fsp3) is 0.909. The van der Waals surface area contributed by atoms with Crippen molar-refractivity contribution in [1.82, 2.24) is 5.32 Å². The van der Waals surface area contributed by atoms with Gasteiger partial charge in [-0.1, -0.05) is 6.92 Å². The van der Waals surface area contributed by atoms with Crippen LogP contribution >= 0.6 is 0 Å². The van der Waals surface area contributed by atoms with Crippen LogP contribution in [0.15, 0.2) is 0 Å². The van der Waals surface area contributed by atoms with Crippen LogP contribution in [0.25, 0.3) is 0 Å². The molecular weight excluding hydrogens is 192 g/mol. The fourth-order valence-electron chi connectivity index (χ4n) is 1.87. The molecule has 88 valence electrons. The molecular formula is C11H22N2O2. The maximum Gasteiger partial charge on any atom is 0.249 e. The molecule has 1 amide bonds. The van der Waals surface area contributed by atoms with Crippen LogP contribution in [0, 0.1) is 0 Å². The lowest BCUT2D eigenvalue weighted by Crippen LogP contribution is -2.42. The van der Waals surface area contributed by atoms with Crippen LogP contribution < -0.4 is 11.1 Å². The number of ether oxygens (including phenoxy) is 1. The van der Waals surface area contributed by atoms with E-state index in [2.05, 4.69) is 12.2 Å². The van der Waals surface area contributed by atoms with E-state index in [1.54, 1.807) is 0 Å². The molecule has 1 heterocycles. The smallest absolute Gasteiger partial charge is 0.249 e. The average Bonchev–Trinajstić information content (AvgIpc) is 2.64. The van der Waals surface area contributed by atoms with Crippen molar-refractivity contribution < 1.29 is 9.53 Å². The highest BCUT2D eigenvalue weighted by atomic mass is 16.5. The second kappa shape index (κ2) is 6.08. The van der Waals surface area contributed by atoms with Crippen molar-refractivity contribution in [3.63, 3.8) is 0 Å².